The molecule has 0 aliphatic heterocycles. The van der Waals surface area contributed by atoms with Gasteiger partial charge in [0.05, 0.1) is 10.5 Å². The third kappa shape index (κ3) is 2.69. The molecule has 0 amide bonds. The normalized spacial score (nSPS) is 12.5. The summed E-state index contributed by atoms with van der Waals surface area (Å²) in [5, 5.41) is 5.45. The van der Waals surface area contributed by atoms with Crippen molar-refractivity contribution in [2.75, 3.05) is 7.05 Å². The average Bonchev–Trinajstić information content (AvgIpc) is 2.52. The first-order valence-corrected chi connectivity index (χ1v) is 7.45. The summed E-state index contributed by atoms with van der Waals surface area (Å²) < 4.78 is 14.3. The highest BCUT2D eigenvalue weighted by molar-refractivity contribution is 9.10. The van der Waals surface area contributed by atoms with E-state index in [2.05, 4.69) is 32.3 Å². The van der Waals surface area contributed by atoms with Gasteiger partial charge < -0.3 is 5.32 Å². The standard InChI is InChI=1S/C17H14BrFN2/c1-20-17(11-6-7-15(18)16(19)8-11)14-10-21-9-12-4-2-3-5-13(12)14/h2-10,17,20H,1H3. The predicted octanol–water partition coefficient (Wildman–Crippen LogP) is 4.45. The second-order valence-corrected chi connectivity index (χ2v) is 5.70. The van der Waals surface area contributed by atoms with Crippen LogP contribution in [0.5, 0.6) is 0 Å². The summed E-state index contributed by atoms with van der Waals surface area (Å²) in [5.74, 6) is -0.263. The van der Waals surface area contributed by atoms with Crippen LogP contribution in [0.2, 0.25) is 0 Å². The molecule has 1 unspecified atom stereocenters. The van der Waals surface area contributed by atoms with E-state index < -0.39 is 0 Å². The van der Waals surface area contributed by atoms with E-state index in [0.29, 0.717) is 4.47 Å². The third-order valence-corrected chi connectivity index (χ3v) is 4.22. The summed E-state index contributed by atoms with van der Waals surface area (Å²) in [6.45, 7) is 0. The van der Waals surface area contributed by atoms with Gasteiger partial charge in [-0.25, -0.2) is 4.39 Å². The number of benzene rings is 2. The molecule has 3 rings (SSSR count). The van der Waals surface area contributed by atoms with E-state index >= 15 is 0 Å². The fourth-order valence-corrected chi connectivity index (χ4v) is 2.81. The molecule has 1 heterocycles. The SMILES string of the molecule is CNC(c1ccc(Br)c(F)c1)c1cncc2ccccc12. The summed E-state index contributed by atoms with van der Waals surface area (Å²) >= 11 is 3.19. The Kier molecular flexibility index (Phi) is 3.99. The Morgan fingerprint density at radius 3 is 2.71 bits per heavy atom. The minimum Gasteiger partial charge on any atom is -0.309 e. The maximum Gasteiger partial charge on any atom is 0.137 e. The number of halogens is 2. The minimum absolute atomic E-state index is 0.105. The highest BCUT2D eigenvalue weighted by Crippen LogP contribution is 2.29. The molecule has 1 N–H and O–H groups in total. The highest BCUT2D eigenvalue weighted by Gasteiger charge is 2.16. The van der Waals surface area contributed by atoms with Gasteiger partial charge in [0.1, 0.15) is 5.82 Å². The van der Waals surface area contributed by atoms with Crippen molar-refractivity contribution in [3.05, 3.63) is 76.3 Å². The van der Waals surface area contributed by atoms with Crippen molar-refractivity contribution >= 4 is 26.7 Å². The number of hydrogen-bond acceptors (Lipinski definition) is 2. The highest BCUT2D eigenvalue weighted by atomic mass is 79.9. The van der Waals surface area contributed by atoms with E-state index in [9.17, 15) is 4.39 Å². The van der Waals surface area contributed by atoms with Crippen molar-refractivity contribution in [2.24, 2.45) is 0 Å². The van der Waals surface area contributed by atoms with Crippen LogP contribution in [0.25, 0.3) is 10.8 Å². The molecule has 2 aromatic carbocycles. The van der Waals surface area contributed by atoms with Crippen molar-refractivity contribution in [3.63, 3.8) is 0 Å². The summed E-state index contributed by atoms with van der Waals surface area (Å²) in [6.07, 6.45) is 3.68. The zero-order valence-electron chi connectivity index (χ0n) is 11.5. The van der Waals surface area contributed by atoms with Crippen LogP contribution in [0.4, 0.5) is 4.39 Å². The van der Waals surface area contributed by atoms with Gasteiger partial charge in [-0.3, -0.25) is 4.98 Å². The molecule has 21 heavy (non-hydrogen) atoms. The van der Waals surface area contributed by atoms with Gasteiger partial charge in [0, 0.05) is 17.8 Å². The Labute approximate surface area is 131 Å². The maximum atomic E-state index is 13.8. The van der Waals surface area contributed by atoms with E-state index in [1.165, 1.54) is 0 Å². The number of rotatable bonds is 3. The lowest BCUT2D eigenvalue weighted by atomic mass is 9.96. The number of hydrogen-bond donors (Lipinski definition) is 1. The van der Waals surface area contributed by atoms with Gasteiger partial charge in [-0.1, -0.05) is 30.3 Å². The van der Waals surface area contributed by atoms with Gasteiger partial charge in [0.25, 0.3) is 0 Å². The van der Waals surface area contributed by atoms with Crippen molar-refractivity contribution in [3.8, 4) is 0 Å². The molecule has 2 nitrogen and oxygen atoms in total. The molecule has 0 bridgehead atoms. The van der Waals surface area contributed by atoms with Crippen LogP contribution < -0.4 is 5.32 Å². The zero-order chi connectivity index (χ0) is 14.8. The Balaban J connectivity index is 2.16. The molecule has 1 aromatic heterocycles. The molecule has 0 aliphatic rings. The van der Waals surface area contributed by atoms with E-state index in [0.717, 1.165) is 21.9 Å². The lowest BCUT2D eigenvalue weighted by molar-refractivity contribution is 0.611. The summed E-state index contributed by atoms with van der Waals surface area (Å²) in [4.78, 5) is 4.30. The van der Waals surface area contributed by atoms with E-state index in [1.54, 1.807) is 12.1 Å². The number of aromatic nitrogens is 1. The zero-order valence-corrected chi connectivity index (χ0v) is 13.1. The molecule has 0 aliphatic carbocycles. The Hall–Kier alpha value is -1.78. The first-order valence-electron chi connectivity index (χ1n) is 6.65. The van der Waals surface area contributed by atoms with Crippen LogP contribution in [-0.2, 0) is 0 Å². The van der Waals surface area contributed by atoms with Crippen LogP contribution in [0, 0.1) is 5.82 Å². The molecule has 3 aromatic rings. The number of nitrogens with zero attached hydrogens (tertiary/aromatic N) is 1. The molecule has 0 saturated heterocycles. The fourth-order valence-electron chi connectivity index (χ4n) is 2.56. The quantitative estimate of drug-likeness (QED) is 0.759. The predicted molar refractivity (Wildman–Crippen MR) is 86.7 cm³/mol. The second kappa shape index (κ2) is 5.92. The van der Waals surface area contributed by atoms with E-state index in [-0.39, 0.29) is 11.9 Å². The molecule has 1 atom stereocenters. The summed E-state index contributed by atoms with van der Waals surface area (Å²) in [7, 11) is 1.87. The smallest absolute Gasteiger partial charge is 0.137 e. The first-order chi connectivity index (χ1) is 10.2. The van der Waals surface area contributed by atoms with Gasteiger partial charge in [-0.05, 0) is 51.6 Å². The van der Waals surface area contributed by atoms with E-state index in [1.807, 2.05) is 43.7 Å². The summed E-state index contributed by atoms with van der Waals surface area (Å²) in [6, 6.07) is 13.2. The molecular weight excluding hydrogens is 331 g/mol. The molecule has 0 saturated carbocycles. The van der Waals surface area contributed by atoms with Crippen molar-refractivity contribution < 1.29 is 4.39 Å². The maximum absolute atomic E-state index is 13.8. The lowest BCUT2D eigenvalue weighted by Gasteiger charge is -2.19. The monoisotopic (exact) mass is 344 g/mol. The molecule has 0 spiro atoms. The minimum atomic E-state index is -0.263. The van der Waals surface area contributed by atoms with Crippen molar-refractivity contribution in [1.29, 1.82) is 0 Å². The second-order valence-electron chi connectivity index (χ2n) is 4.85. The Morgan fingerprint density at radius 2 is 1.95 bits per heavy atom. The van der Waals surface area contributed by atoms with Crippen molar-refractivity contribution in [1.82, 2.24) is 10.3 Å². The molecule has 4 heteroatoms. The molecule has 0 fully saturated rings. The van der Waals surface area contributed by atoms with Crippen LogP contribution in [0.15, 0.2) is 59.3 Å². The Morgan fingerprint density at radius 1 is 1.14 bits per heavy atom. The van der Waals surface area contributed by atoms with Gasteiger partial charge >= 0.3 is 0 Å². The van der Waals surface area contributed by atoms with Crippen LogP contribution in [0.1, 0.15) is 17.2 Å². The third-order valence-electron chi connectivity index (χ3n) is 3.58. The number of pyridine rings is 1. The molecule has 0 radical (unpaired) electrons. The van der Waals surface area contributed by atoms with Crippen LogP contribution >= 0.6 is 15.9 Å². The van der Waals surface area contributed by atoms with Gasteiger partial charge in [0.15, 0.2) is 0 Å². The molecule has 106 valence electrons. The lowest BCUT2D eigenvalue weighted by Crippen LogP contribution is -2.18. The summed E-state index contributed by atoms with van der Waals surface area (Å²) in [5.41, 5.74) is 1.91. The van der Waals surface area contributed by atoms with Gasteiger partial charge in [-0.15, -0.1) is 0 Å². The van der Waals surface area contributed by atoms with Gasteiger partial charge in [0.2, 0.25) is 0 Å². The number of nitrogens with one attached hydrogen (secondary N) is 1. The first kappa shape index (κ1) is 14.2. The molecular formula is C17H14BrFN2. The van der Waals surface area contributed by atoms with Crippen LogP contribution in [0.3, 0.4) is 0 Å². The fraction of sp³-hybridized carbons (Fsp3) is 0.118. The largest absolute Gasteiger partial charge is 0.309 e. The van der Waals surface area contributed by atoms with Crippen LogP contribution in [-0.4, -0.2) is 12.0 Å². The Bertz CT molecular complexity index is 783. The average molecular weight is 345 g/mol. The van der Waals surface area contributed by atoms with Gasteiger partial charge in [-0.2, -0.15) is 0 Å². The number of fused-ring (bicyclic) bond motifs is 1. The topological polar surface area (TPSA) is 24.9 Å². The van der Waals surface area contributed by atoms with E-state index in [4.69, 9.17) is 0 Å². The van der Waals surface area contributed by atoms with Crippen molar-refractivity contribution in [2.45, 2.75) is 6.04 Å².